The fourth-order valence-corrected chi connectivity index (χ4v) is 5.42. The first kappa shape index (κ1) is 11.4. The Morgan fingerprint density at radius 2 is 1.74 bits per heavy atom. The van der Waals surface area contributed by atoms with Crippen LogP contribution in [0.1, 0.15) is 49.3 Å². The second kappa shape index (κ2) is 3.79. The molecular formula is C16H21N3. The summed E-state index contributed by atoms with van der Waals surface area (Å²) >= 11 is 0. The number of nitrogen functional groups attached to an aromatic ring is 1. The molecule has 0 unspecified atom stereocenters. The Labute approximate surface area is 114 Å². The number of hydrogen-bond acceptors (Lipinski definition) is 2. The molecule has 0 atom stereocenters. The third-order valence-electron chi connectivity index (χ3n) is 5.87. The van der Waals surface area contributed by atoms with Gasteiger partial charge in [0.25, 0.3) is 0 Å². The number of anilines is 1. The van der Waals surface area contributed by atoms with Gasteiger partial charge in [-0.15, -0.1) is 0 Å². The Morgan fingerprint density at radius 1 is 1.16 bits per heavy atom. The van der Waals surface area contributed by atoms with E-state index in [1.54, 1.807) is 0 Å². The van der Waals surface area contributed by atoms with Gasteiger partial charge in [0.15, 0.2) is 0 Å². The van der Waals surface area contributed by atoms with Gasteiger partial charge in [-0.3, -0.25) is 0 Å². The van der Waals surface area contributed by atoms with Crippen LogP contribution in [0.2, 0.25) is 0 Å². The van der Waals surface area contributed by atoms with E-state index in [2.05, 4.69) is 16.8 Å². The van der Waals surface area contributed by atoms with E-state index < -0.39 is 0 Å². The smallest absolute Gasteiger partial charge is 0.122 e. The second-order valence-corrected chi connectivity index (χ2v) is 7.01. The van der Waals surface area contributed by atoms with Crippen molar-refractivity contribution in [2.75, 3.05) is 5.73 Å². The van der Waals surface area contributed by atoms with Crippen molar-refractivity contribution in [3.05, 3.63) is 17.3 Å². The van der Waals surface area contributed by atoms with E-state index in [4.69, 9.17) is 5.73 Å². The molecule has 4 fully saturated rings. The predicted molar refractivity (Wildman–Crippen MR) is 74.4 cm³/mol. The molecule has 100 valence electrons. The lowest BCUT2D eigenvalue weighted by molar-refractivity contribution is -0.0282. The molecule has 3 nitrogen and oxygen atoms in total. The van der Waals surface area contributed by atoms with Crippen LogP contribution in [0.4, 0.5) is 5.82 Å². The van der Waals surface area contributed by atoms with Crippen molar-refractivity contribution in [2.45, 2.75) is 45.1 Å². The van der Waals surface area contributed by atoms with Gasteiger partial charge in [-0.1, -0.05) is 0 Å². The minimum Gasteiger partial charge on any atom is -0.384 e. The summed E-state index contributed by atoms with van der Waals surface area (Å²) in [6.07, 6.45) is 9.14. The van der Waals surface area contributed by atoms with E-state index in [1.807, 2.05) is 6.92 Å². The predicted octanol–water partition coefficient (Wildman–Crippen LogP) is 3.25. The maximum absolute atomic E-state index is 9.22. The molecule has 0 radical (unpaired) electrons. The lowest BCUT2D eigenvalue weighted by atomic mass is 9.54. The molecule has 1 aromatic heterocycles. The van der Waals surface area contributed by atoms with Gasteiger partial charge < -0.3 is 10.3 Å². The van der Waals surface area contributed by atoms with Gasteiger partial charge in [-0.25, -0.2) is 0 Å². The molecule has 4 bridgehead atoms. The molecular weight excluding hydrogens is 234 g/mol. The Morgan fingerprint density at radius 3 is 2.21 bits per heavy atom. The second-order valence-electron chi connectivity index (χ2n) is 7.01. The molecule has 0 aliphatic heterocycles. The van der Waals surface area contributed by atoms with Crippen LogP contribution in [0.25, 0.3) is 0 Å². The van der Waals surface area contributed by atoms with Crippen molar-refractivity contribution < 1.29 is 0 Å². The fraction of sp³-hybridized carbons (Fsp3) is 0.688. The summed E-state index contributed by atoms with van der Waals surface area (Å²) in [5.74, 6) is 4.27. The van der Waals surface area contributed by atoms with Gasteiger partial charge in [-0.05, 0) is 68.3 Å². The van der Waals surface area contributed by atoms with Crippen molar-refractivity contribution >= 4 is 5.82 Å². The molecule has 1 aromatic rings. The molecule has 0 amide bonds. The molecule has 0 saturated heterocycles. The monoisotopic (exact) mass is 255 g/mol. The standard InChI is InChI=1S/C16H21N3/c1-9-8-19(16(18)14(9)7-17)15-12-3-10-2-11(5-12)6-13(15)4-10/h8,10-13,15H,2-6,18H2,1H3. The molecule has 0 spiro atoms. The summed E-state index contributed by atoms with van der Waals surface area (Å²) < 4.78 is 2.25. The molecule has 5 rings (SSSR count). The van der Waals surface area contributed by atoms with E-state index in [9.17, 15) is 5.26 Å². The highest BCUT2D eigenvalue weighted by molar-refractivity contribution is 5.55. The van der Waals surface area contributed by atoms with Crippen LogP contribution in [0.15, 0.2) is 6.20 Å². The number of hydrogen-bond donors (Lipinski definition) is 1. The number of rotatable bonds is 1. The topological polar surface area (TPSA) is 54.7 Å². The number of nitriles is 1. The van der Waals surface area contributed by atoms with Crippen LogP contribution in [-0.2, 0) is 0 Å². The third kappa shape index (κ3) is 1.49. The molecule has 0 aromatic carbocycles. The van der Waals surface area contributed by atoms with Crippen LogP contribution in [0.3, 0.4) is 0 Å². The Bertz CT molecular complexity index is 535. The quantitative estimate of drug-likeness (QED) is 0.837. The normalized spacial score (nSPS) is 39.5. The summed E-state index contributed by atoms with van der Waals surface area (Å²) in [7, 11) is 0. The lowest BCUT2D eigenvalue weighted by Crippen LogP contribution is -2.45. The van der Waals surface area contributed by atoms with Crippen molar-refractivity contribution in [1.29, 1.82) is 5.26 Å². The Hall–Kier alpha value is -1.43. The first-order valence-electron chi connectivity index (χ1n) is 7.54. The lowest BCUT2D eigenvalue weighted by Gasteiger charge is -2.54. The van der Waals surface area contributed by atoms with Gasteiger partial charge in [-0.2, -0.15) is 5.26 Å². The van der Waals surface area contributed by atoms with Crippen molar-refractivity contribution in [2.24, 2.45) is 23.7 Å². The van der Waals surface area contributed by atoms with E-state index in [0.29, 0.717) is 17.4 Å². The van der Waals surface area contributed by atoms with Crippen LogP contribution < -0.4 is 5.73 Å². The fourth-order valence-electron chi connectivity index (χ4n) is 5.42. The first-order chi connectivity index (χ1) is 9.17. The molecule has 2 N–H and O–H groups in total. The molecule has 1 heterocycles. The summed E-state index contributed by atoms with van der Waals surface area (Å²) in [5, 5.41) is 9.22. The number of aromatic nitrogens is 1. The van der Waals surface area contributed by atoms with Crippen LogP contribution in [0.5, 0.6) is 0 Å². The molecule has 4 aliphatic carbocycles. The van der Waals surface area contributed by atoms with Gasteiger partial charge in [0.2, 0.25) is 0 Å². The summed E-state index contributed by atoms with van der Waals surface area (Å²) in [5.41, 5.74) is 7.96. The zero-order valence-electron chi connectivity index (χ0n) is 11.5. The van der Waals surface area contributed by atoms with E-state index >= 15 is 0 Å². The summed E-state index contributed by atoms with van der Waals surface area (Å²) in [6.45, 7) is 2.00. The zero-order valence-corrected chi connectivity index (χ0v) is 11.5. The van der Waals surface area contributed by atoms with Crippen molar-refractivity contribution in [1.82, 2.24) is 4.57 Å². The highest BCUT2D eigenvalue weighted by Gasteiger charge is 2.49. The van der Waals surface area contributed by atoms with Gasteiger partial charge in [0, 0.05) is 12.2 Å². The van der Waals surface area contributed by atoms with E-state index in [-0.39, 0.29) is 0 Å². The van der Waals surface area contributed by atoms with Gasteiger partial charge >= 0.3 is 0 Å². The average molecular weight is 255 g/mol. The third-order valence-corrected chi connectivity index (χ3v) is 5.87. The number of aryl methyl sites for hydroxylation is 1. The van der Waals surface area contributed by atoms with E-state index in [0.717, 1.165) is 29.2 Å². The van der Waals surface area contributed by atoms with Crippen molar-refractivity contribution in [3.8, 4) is 6.07 Å². The average Bonchev–Trinajstić information content (AvgIpc) is 2.63. The summed E-state index contributed by atoms with van der Waals surface area (Å²) in [4.78, 5) is 0. The maximum Gasteiger partial charge on any atom is 0.122 e. The molecule has 3 heteroatoms. The highest BCUT2D eigenvalue weighted by atomic mass is 15.1. The van der Waals surface area contributed by atoms with Gasteiger partial charge in [0.05, 0.1) is 5.56 Å². The van der Waals surface area contributed by atoms with Crippen molar-refractivity contribution in [3.63, 3.8) is 0 Å². The van der Waals surface area contributed by atoms with Crippen LogP contribution in [0, 0.1) is 41.9 Å². The van der Waals surface area contributed by atoms with E-state index in [1.165, 1.54) is 32.1 Å². The van der Waals surface area contributed by atoms with Crippen LogP contribution in [-0.4, -0.2) is 4.57 Å². The Balaban J connectivity index is 1.75. The number of nitrogens with zero attached hydrogens (tertiary/aromatic N) is 2. The van der Waals surface area contributed by atoms with Crippen LogP contribution >= 0.6 is 0 Å². The number of nitrogens with two attached hydrogens (primary N) is 1. The molecule has 4 aliphatic rings. The minimum absolute atomic E-state index is 0.564. The molecule has 19 heavy (non-hydrogen) atoms. The van der Waals surface area contributed by atoms with Gasteiger partial charge in [0.1, 0.15) is 11.9 Å². The minimum atomic E-state index is 0.564. The zero-order chi connectivity index (χ0) is 13.1. The SMILES string of the molecule is Cc1cn(C2C3CC4CC(C3)CC2C4)c(N)c1C#N. The largest absolute Gasteiger partial charge is 0.384 e. The molecule has 4 saturated carbocycles. The highest BCUT2D eigenvalue weighted by Crippen LogP contribution is 2.58. The first-order valence-corrected chi connectivity index (χ1v) is 7.54. The maximum atomic E-state index is 9.22. The Kier molecular flexibility index (Phi) is 2.27. The summed E-state index contributed by atoms with van der Waals surface area (Å²) in [6, 6.07) is 2.82.